The van der Waals surface area contributed by atoms with Crippen LogP contribution in [0.4, 0.5) is 5.69 Å². The van der Waals surface area contributed by atoms with Crippen LogP contribution < -0.4 is 9.64 Å². The fourth-order valence-electron chi connectivity index (χ4n) is 1.58. The summed E-state index contributed by atoms with van der Waals surface area (Å²) >= 11 is 0. The molecule has 0 saturated carbocycles. The van der Waals surface area contributed by atoms with Crippen LogP contribution in [-0.4, -0.2) is 31.3 Å². The summed E-state index contributed by atoms with van der Waals surface area (Å²) < 4.78 is 5.23. The highest BCUT2D eigenvalue weighted by Crippen LogP contribution is 2.28. The average molecular weight is 223 g/mol. The Morgan fingerprint density at radius 1 is 1.50 bits per heavy atom. The minimum Gasteiger partial charge on any atom is -0.495 e. The van der Waals surface area contributed by atoms with Gasteiger partial charge in [-0.25, -0.2) is 0 Å². The zero-order valence-electron chi connectivity index (χ0n) is 9.86. The van der Waals surface area contributed by atoms with Crippen LogP contribution in [-0.2, 0) is 4.79 Å². The third-order valence-corrected chi connectivity index (χ3v) is 2.38. The van der Waals surface area contributed by atoms with Crippen molar-refractivity contribution in [3.8, 4) is 5.75 Å². The summed E-state index contributed by atoms with van der Waals surface area (Å²) in [5, 5.41) is 8.83. The van der Waals surface area contributed by atoms with Gasteiger partial charge in [0, 0.05) is 6.54 Å². The summed E-state index contributed by atoms with van der Waals surface area (Å²) in [6.45, 7) is 4.50. The Kier molecular flexibility index (Phi) is 4.17. The molecule has 0 heterocycles. The Morgan fingerprint density at radius 3 is 2.69 bits per heavy atom. The van der Waals surface area contributed by atoms with Gasteiger partial charge in [0.2, 0.25) is 0 Å². The lowest BCUT2D eigenvalue weighted by molar-refractivity contribution is -0.135. The van der Waals surface area contributed by atoms with Crippen molar-refractivity contribution >= 4 is 11.7 Å². The summed E-state index contributed by atoms with van der Waals surface area (Å²) in [4.78, 5) is 12.5. The number of aryl methyl sites for hydroxylation is 1. The Labute approximate surface area is 95.5 Å². The number of carboxylic acid groups (broad SMARTS) is 1. The van der Waals surface area contributed by atoms with E-state index in [9.17, 15) is 4.79 Å². The highest BCUT2D eigenvalue weighted by atomic mass is 16.5. The Balaban J connectivity index is 3.06. The maximum absolute atomic E-state index is 10.7. The molecule has 1 N–H and O–H groups in total. The van der Waals surface area contributed by atoms with Crippen LogP contribution in [0.25, 0.3) is 0 Å². The van der Waals surface area contributed by atoms with E-state index in [4.69, 9.17) is 9.84 Å². The van der Waals surface area contributed by atoms with Crippen LogP contribution in [0.15, 0.2) is 18.2 Å². The fraction of sp³-hybridized carbons (Fsp3) is 0.417. The number of anilines is 1. The molecule has 1 aromatic rings. The van der Waals surface area contributed by atoms with Gasteiger partial charge in [-0.3, -0.25) is 4.79 Å². The molecule has 1 aromatic carbocycles. The third kappa shape index (κ3) is 2.89. The lowest BCUT2D eigenvalue weighted by Gasteiger charge is -2.23. The molecular weight excluding hydrogens is 206 g/mol. The summed E-state index contributed by atoms with van der Waals surface area (Å²) in [6, 6.07) is 5.73. The summed E-state index contributed by atoms with van der Waals surface area (Å²) in [5.74, 6) is -0.140. The fourth-order valence-corrected chi connectivity index (χ4v) is 1.58. The molecule has 16 heavy (non-hydrogen) atoms. The molecule has 0 aliphatic rings. The van der Waals surface area contributed by atoms with Gasteiger partial charge in [0.05, 0.1) is 12.8 Å². The molecule has 0 aliphatic carbocycles. The topological polar surface area (TPSA) is 49.8 Å². The van der Waals surface area contributed by atoms with Crippen LogP contribution in [0.2, 0.25) is 0 Å². The van der Waals surface area contributed by atoms with Gasteiger partial charge < -0.3 is 14.7 Å². The van der Waals surface area contributed by atoms with Crippen molar-refractivity contribution in [2.24, 2.45) is 0 Å². The van der Waals surface area contributed by atoms with E-state index < -0.39 is 5.97 Å². The second kappa shape index (κ2) is 5.39. The third-order valence-electron chi connectivity index (χ3n) is 2.38. The Bertz CT molecular complexity index is 377. The predicted molar refractivity (Wildman–Crippen MR) is 63.3 cm³/mol. The molecule has 0 amide bonds. The van der Waals surface area contributed by atoms with Gasteiger partial charge in [-0.15, -0.1) is 0 Å². The van der Waals surface area contributed by atoms with Crippen LogP contribution >= 0.6 is 0 Å². The highest BCUT2D eigenvalue weighted by Gasteiger charge is 2.13. The molecule has 88 valence electrons. The Hall–Kier alpha value is -1.71. The van der Waals surface area contributed by atoms with Gasteiger partial charge in [-0.1, -0.05) is 6.07 Å². The molecule has 0 fully saturated rings. The number of carboxylic acids is 1. The lowest BCUT2D eigenvalue weighted by Crippen LogP contribution is -2.29. The molecule has 0 aliphatic heterocycles. The van der Waals surface area contributed by atoms with E-state index in [1.807, 2.05) is 32.0 Å². The van der Waals surface area contributed by atoms with E-state index in [-0.39, 0.29) is 6.54 Å². The Morgan fingerprint density at radius 2 is 2.19 bits per heavy atom. The van der Waals surface area contributed by atoms with Gasteiger partial charge in [0.25, 0.3) is 0 Å². The predicted octanol–water partition coefficient (Wildman–Crippen LogP) is 1.91. The van der Waals surface area contributed by atoms with E-state index >= 15 is 0 Å². The van der Waals surface area contributed by atoms with Gasteiger partial charge >= 0.3 is 5.97 Å². The first kappa shape index (κ1) is 12.4. The van der Waals surface area contributed by atoms with Gasteiger partial charge in [0.15, 0.2) is 0 Å². The van der Waals surface area contributed by atoms with Crippen LogP contribution in [0.5, 0.6) is 5.75 Å². The molecule has 0 saturated heterocycles. The quantitative estimate of drug-likeness (QED) is 0.828. The molecule has 1 rings (SSSR count). The van der Waals surface area contributed by atoms with E-state index in [1.165, 1.54) is 0 Å². The summed E-state index contributed by atoms with van der Waals surface area (Å²) in [5.41, 5.74) is 1.91. The number of hydrogen-bond acceptors (Lipinski definition) is 3. The van der Waals surface area contributed by atoms with Crippen molar-refractivity contribution in [2.45, 2.75) is 13.8 Å². The second-order valence-electron chi connectivity index (χ2n) is 3.58. The molecule has 0 atom stereocenters. The lowest BCUT2D eigenvalue weighted by atomic mass is 10.2. The number of benzene rings is 1. The number of likely N-dealkylation sites (N-methyl/N-ethyl adjacent to an activating group) is 1. The minimum absolute atomic E-state index is 0.0175. The number of aliphatic carboxylic acids is 1. The first-order chi connectivity index (χ1) is 7.58. The molecule has 0 spiro atoms. The molecule has 0 radical (unpaired) electrons. The summed E-state index contributed by atoms with van der Waals surface area (Å²) in [6.07, 6.45) is 0. The maximum Gasteiger partial charge on any atom is 0.323 e. The number of methoxy groups -OCH3 is 1. The number of hydrogen-bond donors (Lipinski definition) is 1. The van der Waals surface area contributed by atoms with E-state index in [0.29, 0.717) is 12.3 Å². The van der Waals surface area contributed by atoms with E-state index in [2.05, 4.69) is 0 Å². The normalized spacial score (nSPS) is 9.94. The van der Waals surface area contributed by atoms with Gasteiger partial charge in [0.1, 0.15) is 12.3 Å². The van der Waals surface area contributed by atoms with E-state index in [1.54, 1.807) is 12.0 Å². The average Bonchev–Trinajstić information content (AvgIpc) is 2.25. The number of rotatable bonds is 5. The summed E-state index contributed by atoms with van der Waals surface area (Å²) in [7, 11) is 1.59. The first-order valence-electron chi connectivity index (χ1n) is 5.19. The smallest absolute Gasteiger partial charge is 0.323 e. The molecular formula is C12H17NO3. The van der Waals surface area contributed by atoms with Crippen molar-refractivity contribution in [3.05, 3.63) is 23.8 Å². The highest BCUT2D eigenvalue weighted by molar-refractivity contribution is 5.75. The molecule has 4 heteroatoms. The number of nitrogens with zero attached hydrogens (tertiary/aromatic N) is 1. The van der Waals surface area contributed by atoms with Crippen LogP contribution in [0.3, 0.4) is 0 Å². The largest absolute Gasteiger partial charge is 0.495 e. The minimum atomic E-state index is -0.842. The maximum atomic E-state index is 10.7. The first-order valence-corrected chi connectivity index (χ1v) is 5.19. The molecule has 0 unspecified atom stereocenters. The molecule has 0 bridgehead atoms. The molecule has 0 aromatic heterocycles. The zero-order chi connectivity index (χ0) is 12.1. The zero-order valence-corrected chi connectivity index (χ0v) is 9.86. The SMILES string of the molecule is CCN(CC(=O)O)c1cc(C)ccc1OC. The molecule has 4 nitrogen and oxygen atoms in total. The number of carbonyl (C=O) groups is 1. The van der Waals surface area contributed by atoms with Crippen LogP contribution in [0.1, 0.15) is 12.5 Å². The standard InChI is InChI=1S/C12H17NO3/c1-4-13(8-12(14)15)10-7-9(2)5-6-11(10)16-3/h5-7H,4,8H2,1-3H3,(H,14,15). The van der Waals surface area contributed by atoms with Crippen molar-refractivity contribution in [3.63, 3.8) is 0 Å². The van der Waals surface area contributed by atoms with Crippen molar-refractivity contribution in [1.82, 2.24) is 0 Å². The van der Waals surface area contributed by atoms with Gasteiger partial charge in [-0.05, 0) is 31.5 Å². The van der Waals surface area contributed by atoms with Gasteiger partial charge in [-0.2, -0.15) is 0 Å². The second-order valence-corrected chi connectivity index (χ2v) is 3.58. The van der Waals surface area contributed by atoms with Crippen molar-refractivity contribution in [1.29, 1.82) is 0 Å². The van der Waals surface area contributed by atoms with Crippen molar-refractivity contribution in [2.75, 3.05) is 25.1 Å². The number of ether oxygens (including phenoxy) is 1. The monoisotopic (exact) mass is 223 g/mol. The van der Waals surface area contributed by atoms with E-state index in [0.717, 1.165) is 11.3 Å². The van der Waals surface area contributed by atoms with Crippen LogP contribution in [0, 0.1) is 6.92 Å². The van der Waals surface area contributed by atoms with Crippen molar-refractivity contribution < 1.29 is 14.6 Å².